The number of carboxylic acid groups (broad SMARTS) is 1. The molecule has 1 amide bonds. The lowest BCUT2D eigenvalue weighted by molar-refractivity contribution is -0.141. The Hall–Kier alpha value is -1.86. The van der Waals surface area contributed by atoms with Crippen molar-refractivity contribution in [1.29, 1.82) is 0 Å². The number of carboxylic acids is 1. The highest BCUT2D eigenvalue weighted by Crippen LogP contribution is 2.28. The predicted octanol–water partition coefficient (Wildman–Crippen LogP) is 2.07. The first-order valence-corrected chi connectivity index (χ1v) is 7.01. The third-order valence-corrected chi connectivity index (χ3v) is 3.63. The van der Waals surface area contributed by atoms with Gasteiger partial charge in [0.2, 0.25) is 0 Å². The highest BCUT2D eigenvalue weighted by molar-refractivity contribution is 9.10. The van der Waals surface area contributed by atoms with Gasteiger partial charge >= 0.3 is 5.97 Å². The van der Waals surface area contributed by atoms with Crippen LogP contribution in [0, 0.1) is 6.92 Å². The van der Waals surface area contributed by atoms with Crippen LogP contribution in [0.3, 0.4) is 0 Å². The lowest BCUT2D eigenvalue weighted by atomic mass is 10.1. The molecule has 1 aromatic carbocycles. The van der Waals surface area contributed by atoms with Crippen molar-refractivity contribution in [1.82, 2.24) is 5.32 Å². The van der Waals surface area contributed by atoms with Crippen LogP contribution in [0.2, 0.25) is 0 Å². The predicted molar refractivity (Wildman–Crippen MR) is 79.2 cm³/mol. The second kappa shape index (κ2) is 5.87. The molecule has 0 bridgehead atoms. The van der Waals surface area contributed by atoms with Crippen LogP contribution >= 0.6 is 15.9 Å². The SMILES string of the molecule is Cc1c(C(=O)N[C@H](C(=O)O)[C@@H](C)O)oc2ccc(Br)cc12. The first kappa shape index (κ1) is 15.5. The Labute approximate surface area is 128 Å². The van der Waals surface area contributed by atoms with E-state index < -0.39 is 24.0 Å². The van der Waals surface area contributed by atoms with E-state index in [1.165, 1.54) is 6.92 Å². The summed E-state index contributed by atoms with van der Waals surface area (Å²) in [5.41, 5.74) is 1.14. The zero-order valence-corrected chi connectivity index (χ0v) is 13.0. The van der Waals surface area contributed by atoms with Gasteiger partial charge in [0.05, 0.1) is 6.10 Å². The number of fused-ring (bicyclic) bond motifs is 1. The Morgan fingerprint density at radius 2 is 2.05 bits per heavy atom. The minimum atomic E-state index is -1.39. The number of aliphatic hydroxyl groups excluding tert-OH is 1. The number of aryl methyl sites for hydroxylation is 1. The average Bonchev–Trinajstić information content (AvgIpc) is 2.72. The Balaban J connectivity index is 2.35. The maximum Gasteiger partial charge on any atom is 0.328 e. The Morgan fingerprint density at radius 1 is 1.38 bits per heavy atom. The number of halogens is 1. The van der Waals surface area contributed by atoms with E-state index >= 15 is 0 Å². The van der Waals surface area contributed by atoms with Crippen molar-refractivity contribution in [2.45, 2.75) is 26.0 Å². The largest absolute Gasteiger partial charge is 0.480 e. The van der Waals surface area contributed by atoms with Crippen molar-refractivity contribution in [3.05, 3.63) is 34.0 Å². The summed E-state index contributed by atoms with van der Waals surface area (Å²) < 4.78 is 6.31. The van der Waals surface area contributed by atoms with Gasteiger partial charge in [-0.15, -0.1) is 0 Å². The van der Waals surface area contributed by atoms with E-state index in [4.69, 9.17) is 9.52 Å². The number of carbonyl (C=O) groups is 2. The highest BCUT2D eigenvalue weighted by Gasteiger charge is 2.28. The standard InChI is InChI=1S/C14H14BrNO5/c1-6-9-5-8(15)3-4-10(9)21-12(6)13(18)16-11(7(2)17)14(19)20/h3-5,7,11,17H,1-2H3,(H,16,18)(H,19,20)/t7-,11+/m1/s1. The van der Waals surface area contributed by atoms with Gasteiger partial charge in [-0.2, -0.15) is 0 Å². The number of furan rings is 1. The van der Waals surface area contributed by atoms with Gasteiger partial charge in [-0.1, -0.05) is 15.9 Å². The second-order valence-electron chi connectivity index (χ2n) is 4.73. The van der Waals surface area contributed by atoms with E-state index in [1.807, 2.05) is 6.07 Å². The summed E-state index contributed by atoms with van der Waals surface area (Å²) in [5, 5.41) is 21.4. The van der Waals surface area contributed by atoms with Gasteiger partial charge in [0.1, 0.15) is 5.58 Å². The number of hydrogen-bond acceptors (Lipinski definition) is 4. The molecular formula is C14H14BrNO5. The van der Waals surface area contributed by atoms with E-state index in [1.54, 1.807) is 19.1 Å². The zero-order chi connectivity index (χ0) is 15.7. The summed E-state index contributed by atoms with van der Waals surface area (Å²) >= 11 is 3.34. The van der Waals surface area contributed by atoms with Crippen molar-refractivity contribution in [2.75, 3.05) is 0 Å². The van der Waals surface area contributed by atoms with E-state index in [-0.39, 0.29) is 5.76 Å². The molecule has 0 saturated heterocycles. The summed E-state index contributed by atoms with van der Waals surface area (Å²) in [4.78, 5) is 23.1. The maximum atomic E-state index is 12.1. The first-order chi connectivity index (χ1) is 9.81. The van der Waals surface area contributed by atoms with E-state index in [0.29, 0.717) is 11.1 Å². The molecule has 2 rings (SSSR count). The van der Waals surface area contributed by atoms with Crippen molar-refractivity contribution < 1.29 is 24.2 Å². The lowest BCUT2D eigenvalue weighted by Crippen LogP contribution is -2.47. The normalized spacial score (nSPS) is 13.9. The molecule has 0 radical (unpaired) electrons. The molecule has 3 N–H and O–H groups in total. The van der Waals surface area contributed by atoms with Crippen LogP contribution < -0.4 is 5.32 Å². The van der Waals surface area contributed by atoms with Crippen LogP contribution in [0.1, 0.15) is 23.0 Å². The van der Waals surface area contributed by atoms with Gasteiger partial charge in [-0.3, -0.25) is 4.79 Å². The number of hydrogen-bond donors (Lipinski definition) is 3. The van der Waals surface area contributed by atoms with Gasteiger partial charge in [0, 0.05) is 15.4 Å². The van der Waals surface area contributed by atoms with Crippen LogP contribution in [-0.4, -0.2) is 34.2 Å². The summed E-state index contributed by atoms with van der Waals surface area (Å²) in [6.45, 7) is 3.01. The van der Waals surface area contributed by atoms with Crippen LogP contribution in [-0.2, 0) is 4.79 Å². The maximum absolute atomic E-state index is 12.1. The number of carbonyl (C=O) groups excluding carboxylic acids is 1. The smallest absolute Gasteiger partial charge is 0.328 e. The van der Waals surface area contributed by atoms with E-state index in [2.05, 4.69) is 21.2 Å². The molecule has 0 spiro atoms. The van der Waals surface area contributed by atoms with Crippen molar-refractivity contribution in [2.24, 2.45) is 0 Å². The van der Waals surface area contributed by atoms with Crippen LogP contribution in [0.15, 0.2) is 27.1 Å². The van der Waals surface area contributed by atoms with Crippen molar-refractivity contribution >= 4 is 38.8 Å². The van der Waals surface area contributed by atoms with Gasteiger partial charge in [0.15, 0.2) is 11.8 Å². The van der Waals surface area contributed by atoms with E-state index in [0.717, 1.165) is 9.86 Å². The Morgan fingerprint density at radius 3 is 2.62 bits per heavy atom. The number of amides is 1. The zero-order valence-electron chi connectivity index (χ0n) is 11.4. The van der Waals surface area contributed by atoms with Crippen LogP contribution in [0.4, 0.5) is 0 Å². The van der Waals surface area contributed by atoms with Crippen molar-refractivity contribution in [3.8, 4) is 0 Å². The lowest BCUT2D eigenvalue weighted by Gasteiger charge is -2.16. The number of aliphatic hydroxyl groups is 1. The monoisotopic (exact) mass is 355 g/mol. The quantitative estimate of drug-likeness (QED) is 0.779. The third-order valence-electron chi connectivity index (χ3n) is 3.14. The fourth-order valence-electron chi connectivity index (χ4n) is 2.01. The minimum absolute atomic E-state index is 0.0370. The number of benzene rings is 1. The highest BCUT2D eigenvalue weighted by atomic mass is 79.9. The summed E-state index contributed by atoms with van der Waals surface area (Å²) in [5.74, 6) is -1.95. The number of aliphatic carboxylic acids is 1. The number of nitrogens with one attached hydrogen (secondary N) is 1. The molecule has 1 heterocycles. The van der Waals surface area contributed by atoms with Crippen LogP contribution in [0.25, 0.3) is 11.0 Å². The van der Waals surface area contributed by atoms with E-state index in [9.17, 15) is 14.7 Å². The van der Waals surface area contributed by atoms with Gasteiger partial charge in [0.25, 0.3) is 5.91 Å². The molecule has 21 heavy (non-hydrogen) atoms. The molecule has 2 atom stereocenters. The molecule has 0 aliphatic rings. The molecule has 0 fully saturated rings. The number of rotatable bonds is 4. The van der Waals surface area contributed by atoms with Gasteiger partial charge in [-0.25, -0.2) is 4.79 Å². The second-order valence-corrected chi connectivity index (χ2v) is 5.64. The topological polar surface area (TPSA) is 99.8 Å². The molecule has 6 nitrogen and oxygen atoms in total. The fraction of sp³-hybridized carbons (Fsp3) is 0.286. The third kappa shape index (κ3) is 3.08. The molecule has 0 aliphatic carbocycles. The summed E-state index contributed by atoms with van der Waals surface area (Å²) in [6.07, 6.45) is -1.22. The molecule has 2 aromatic rings. The molecule has 0 unspecified atom stereocenters. The molecule has 112 valence electrons. The summed E-state index contributed by atoms with van der Waals surface area (Å²) in [7, 11) is 0. The molecule has 1 aromatic heterocycles. The summed E-state index contributed by atoms with van der Waals surface area (Å²) in [6, 6.07) is 3.92. The van der Waals surface area contributed by atoms with Crippen LogP contribution in [0.5, 0.6) is 0 Å². The minimum Gasteiger partial charge on any atom is -0.480 e. The molecule has 7 heteroatoms. The molecule has 0 aliphatic heterocycles. The Bertz CT molecular complexity index is 707. The van der Waals surface area contributed by atoms with Gasteiger partial charge in [-0.05, 0) is 32.0 Å². The fourth-order valence-corrected chi connectivity index (χ4v) is 2.37. The van der Waals surface area contributed by atoms with Gasteiger partial charge < -0.3 is 19.9 Å². The first-order valence-electron chi connectivity index (χ1n) is 6.21. The van der Waals surface area contributed by atoms with Crippen molar-refractivity contribution in [3.63, 3.8) is 0 Å². The molecular weight excluding hydrogens is 342 g/mol. The average molecular weight is 356 g/mol. The molecule has 0 saturated carbocycles. The Kier molecular flexibility index (Phi) is 4.34.